The number of thiazole rings is 1. The van der Waals surface area contributed by atoms with Crippen LogP contribution in [0.5, 0.6) is 0 Å². The molecule has 1 aliphatic rings. The minimum Gasteiger partial charge on any atom is -0.357 e. The summed E-state index contributed by atoms with van der Waals surface area (Å²) in [5, 5.41) is 16.1. The van der Waals surface area contributed by atoms with Crippen LogP contribution in [0.15, 0.2) is 11.3 Å². The molecule has 0 spiro atoms. The van der Waals surface area contributed by atoms with Crippen LogP contribution in [0.25, 0.3) is 0 Å². The van der Waals surface area contributed by atoms with Crippen molar-refractivity contribution in [2.24, 2.45) is 4.99 Å². The summed E-state index contributed by atoms with van der Waals surface area (Å²) in [5.41, 5.74) is 1.36. The summed E-state index contributed by atoms with van der Waals surface area (Å²) < 4.78 is 2.08. The molecule has 0 saturated carbocycles. The number of hydrogen-bond donors (Lipinski definition) is 2. The van der Waals surface area contributed by atoms with Gasteiger partial charge in [-0.2, -0.15) is 0 Å². The summed E-state index contributed by atoms with van der Waals surface area (Å²) in [5.74, 6) is 1.90. The Balaban J connectivity index is 1.42. The molecule has 0 bridgehead atoms. The van der Waals surface area contributed by atoms with E-state index in [9.17, 15) is 0 Å². The zero-order chi connectivity index (χ0) is 18.9. The van der Waals surface area contributed by atoms with Crippen LogP contribution in [-0.2, 0) is 32.2 Å². The Kier molecular flexibility index (Phi) is 7.62. The van der Waals surface area contributed by atoms with Crippen LogP contribution in [0.2, 0.25) is 0 Å². The molecule has 148 valence electrons. The molecule has 1 aliphatic carbocycles. The van der Waals surface area contributed by atoms with Gasteiger partial charge in [-0.15, -0.1) is 21.5 Å². The van der Waals surface area contributed by atoms with Crippen molar-refractivity contribution in [3.63, 3.8) is 0 Å². The van der Waals surface area contributed by atoms with Gasteiger partial charge in [-0.1, -0.05) is 6.92 Å². The van der Waals surface area contributed by atoms with E-state index in [0.717, 1.165) is 57.2 Å². The number of aromatic nitrogens is 4. The maximum absolute atomic E-state index is 4.82. The smallest absolute Gasteiger partial charge is 0.191 e. The van der Waals surface area contributed by atoms with Gasteiger partial charge in [-0.05, 0) is 39.0 Å². The first kappa shape index (κ1) is 19.8. The lowest BCUT2D eigenvalue weighted by molar-refractivity contribution is 0.632. The molecule has 0 amide bonds. The van der Waals surface area contributed by atoms with E-state index in [0.29, 0.717) is 0 Å². The van der Waals surface area contributed by atoms with E-state index in [1.165, 1.54) is 41.3 Å². The Labute approximate surface area is 165 Å². The van der Waals surface area contributed by atoms with Gasteiger partial charge in [-0.25, -0.2) is 4.98 Å². The van der Waals surface area contributed by atoms with Crippen molar-refractivity contribution in [2.45, 2.75) is 65.3 Å². The van der Waals surface area contributed by atoms with Gasteiger partial charge in [0.05, 0.1) is 10.7 Å². The SMILES string of the molecule is CCNC(=NCCCc1nc2c(s1)CCCC2)NCCn1cnnc1CC. The fourth-order valence-electron chi connectivity index (χ4n) is 3.31. The molecule has 2 heterocycles. The van der Waals surface area contributed by atoms with Gasteiger partial charge in [0.2, 0.25) is 0 Å². The number of fused-ring (bicyclic) bond motifs is 1. The molecule has 0 aliphatic heterocycles. The third-order valence-corrected chi connectivity index (χ3v) is 5.93. The Hall–Kier alpha value is -1.96. The molecule has 0 fully saturated rings. The molecule has 0 saturated heterocycles. The highest BCUT2D eigenvalue weighted by Crippen LogP contribution is 2.27. The number of aryl methyl sites for hydroxylation is 4. The second-order valence-corrected chi connectivity index (χ2v) is 7.94. The van der Waals surface area contributed by atoms with Crippen LogP contribution in [-0.4, -0.2) is 45.3 Å². The molecule has 0 radical (unpaired) electrons. The fourth-order valence-corrected chi connectivity index (χ4v) is 4.51. The largest absolute Gasteiger partial charge is 0.357 e. The molecular formula is C19H31N7S. The number of rotatable bonds is 9. The molecule has 2 N–H and O–H groups in total. The van der Waals surface area contributed by atoms with E-state index in [-0.39, 0.29) is 0 Å². The monoisotopic (exact) mass is 389 g/mol. The first-order chi connectivity index (χ1) is 13.3. The standard InChI is InChI=1S/C19H31N7S/c1-3-17-25-23-14-26(17)13-12-22-19(20-4-2)21-11-7-10-18-24-15-8-5-6-9-16(15)27-18/h14H,3-13H2,1-2H3,(H2,20,21,22). The lowest BCUT2D eigenvalue weighted by Gasteiger charge is -2.12. The Morgan fingerprint density at radius 2 is 2.15 bits per heavy atom. The normalized spacial score (nSPS) is 14.2. The summed E-state index contributed by atoms with van der Waals surface area (Å²) in [7, 11) is 0. The molecule has 3 rings (SSSR count). The van der Waals surface area contributed by atoms with Crippen molar-refractivity contribution in [1.82, 2.24) is 30.4 Å². The third kappa shape index (κ3) is 5.76. The molecule has 2 aromatic rings. The first-order valence-electron chi connectivity index (χ1n) is 10.2. The molecule has 27 heavy (non-hydrogen) atoms. The minimum absolute atomic E-state index is 0.802. The number of aliphatic imine (C=N–C) groups is 1. The molecule has 0 aromatic carbocycles. The predicted octanol–water partition coefficient (Wildman–Crippen LogP) is 2.36. The highest BCUT2D eigenvalue weighted by atomic mass is 32.1. The predicted molar refractivity (Wildman–Crippen MR) is 110 cm³/mol. The van der Waals surface area contributed by atoms with Crippen molar-refractivity contribution >= 4 is 17.3 Å². The number of nitrogens with one attached hydrogen (secondary N) is 2. The van der Waals surface area contributed by atoms with E-state index in [1.807, 2.05) is 11.3 Å². The molecule has 7 nitrogen and oxygen atoms in total. The van der Waals surface area contributed by atoms with Crippen LogP contribution in [0.1, 0.15) is 54.5 Å². The molecule has 0 unspecified atom stereocenters. The van der Waals surface area contributed by atoms with Crippen LogP contribution in [0.3, 0.4) is 0 Å². The third-order valence-electron chi connectivity index (χ3n) is 4.71. The second kappa shape index (κ2) is 10.4. The molecule has 0 atom stereocenters. The number of hydrogen-bond acceptors (Lipinski definition) is 5. The Bertz CT molecular complexity index is 711. The minimum atomic E-state index is 0.802. The van der Waals surface area contributed by atoms with Crippen molar-refractivity contribution in [3.05, 3.63) is 27.7 Å². The average Bonchev–Trinajstić information content (AvgIpc) is 3.31. The van der Waals surface area contributed by atoms with Crippen LogP contribution in [0, 0.1) is 0 Å². The maximum Gasteiger partial charge on any atom is 0.191 e. The van der Waals surface area contributed by atoms with Gasteiger partial charge >= 0.3 is 0 Å². The zero-order valence-electron chi connectivity index (χ0n) is 16.5. The lowest BCUT2D eigenvalue weighted by Crippen LogP contribution is -2.39. The van der Waals surface area contributed by atoms with Crippen molar-refractivity contribution < 1.29 is 0 Å². The Morgan fingerprint density at radius 1 is 1.26 bits per heavy atom. The fraction of sp³-hybridized carbons (Fsp3) is 0.684. The van der Waals surface area contributed by atoms with Gasteiger partial charge in [0.1, 0.15) is 12.2 Å². The van der Waals surface area contributed by atoms with E-state index < -0.39 is 0 Å². The maximum atomic E-state index is 4.82. The van der Waals surface area contributed by atoms with Gasteiger partial charge < -0.3 is 15.2 Å². The van der Waals surface area contributed by atoms with Gasteiger partial charge in [-0.3, -0.25) is 4.99 Å². The van der Waals surface area contributed by atoms with Crippen molar-refractivity contribution in [1.29, 1.82) is 0 Å². The van der Waals surface area contributed by atoms with Gasteiger partial charge in [0, 0.05) is 43.9 Å². The highest BCUT2D eigenvalue weighted by molar-refractivity contribution is 7.11. The lowest BCUT2D eigenvalue weighted by atomic mass is 10.0. The van der Waals surface area contributed by atoms with Crippen molar-refractivity contribution in [2.75, 3.05) is 19.6 Å². The second-order valence-electron chi connectivity index (χ2n) is 6.77. The first-order valence-corrected chi connectivity index (χ1v) is 11.0. The summed E-state index contributed by atoms with van der Waals surface area (Å²) in [4.78, 5) is 11.0. The van der Waals surface area contributed by atoms with Crippen LogP contribution in [0.4, 0.5) is 0 Å². The molecule has 2 aromatic heterocycles. The van der Waals surface area contributed by atoms with E-state index in [1.54, 1.807) is 6.33 Å². The highest BCUT2D eigenvalue weighted by Gasteiger charge is 2.14. The molecule has 8 heteroatoms. The number of guanidine groups is 1. The van der Waals surface area contributed by atoms with Gasteiger partial charge in [0.25, 0.3) is 0 Å². The van der Waals surface area contributed by atoms with E-state index in [2.05, 4.69) is 39.2 Å². The summed E-state index contributed by atoms with van der Waals surface area (Å²) >= 11 is 1.91. The quantitative estimate of drug-likeness (QED) is 0.391. The Morgan fingerprint density at radius 3 is 2.96 bits per heavy atom. The number of nitrogens with zero attached hydrogens (tertiary/aromatic N) is 5. The summed E-state index contributed by atoms with van der Waals surface area (Å²) in [6.07, 6.45) is 9.77. The topological polar surface area (TPSA) is 80.0 Å². The van der Waals surface area contributed by atoms with Gasteiger partial charge in [0.15, 0.2) is 5.96 Å². The average molecular weight is 390 g/mol. The van der Waals surface area contributed by atoms with Crippen LogP contribution >= 0.6 is 11.3 Å². The van der Waals surface area contributed by atoms with Crippen molar-refractivity contribution in [3.8, 4) is 0 Å². The van der Waals surface area contributed by atoms with E-state index >= 15 is 0 Å². The molecular weight excluding hydrogens is 358 g/mol. The summed E-state index contributed by atoms with van der Waals surface area (Å²) in [6.45, 7) is 7.50. The van der Waals surface area contributed by atoms with Crippen LogP contribution < -0.4 is 10.6 Å². The zero-order valence-corrected chi connectivity index (χ0v) is 17.3. The summed E-state index contributed by atoms with van der Waals surface area (Å²) in [6, 6.07) is 0. The van der Waals surface area contributed by atoms with E-state index in [4.69, 9.17) is 9.98 Å².